The Morgan fingerprint density at radius 2 is 2.25 bits per heavy atom. The minimum absolute atomic E-state index is 0.192. The van der Waals surface area contributed by atoms with E-state index in [1.54, 1.807) is 12.1 Å². The molecule has 3 rings (SSSR count). The number of primary amides is 1. The van der Waals surface area contributed by atoms with Crippen LogP contribution in [-0.4, -0.2) is 35.1 Å². The van der Waals surface area contributed by atoms with Gasteiger partial charge in [-0.05, 0) is 30.9 Å². The van der Waals surface area contributed by atoms with E-state index in [2.05, 4.69) is 4.98 Å². The average Bonchev–Trinajstić information content (AvgIpc) is 2.96. The number of carboxylic acids is 1. The normalized spacial score (nSPS) is 28.4. The van der Waals surface area contributed by atoms with Crippen LogP contribution >= 0.6 is 0 Å². The molecule has 0 bridgehead atoms. The van der Waals surface area contributed by atoms with Gasteiger partial charge in [0.25, 0.3) is 0 Å². The molecule has 2 fully saturated rings. The molecule has 1 aliphatic heterocycles. The zero-order valence-corrected chi connectivity index (χ0v) is 11.1. The predicted octanol–water partition coefficient (Wildman–Crippen LogP) is 0.872. The summed E-state index contributed by atoms with van der Waals surface area (Å²) in [5, 5.41) is 9.55. The maximum Gasteiger partial charge on any atom is 0.311 e. The van der Waals surface area contributed by atoms with Gasteiger partial charge >= 0.3 is 5.97 Å². The summed E-state index contributed by atoms with van der Waals surface area (Å²) in [6, 6.07) is 3.36. The molecule has 2 heterocycles. The van der Waals surface area contributed by atoms with Crippen molar-refractivity contribution in [2.45, 2.75) is 19.3 Å². The fourth-order valence-electron chi connectivity index (χ4n) is 3.53. The number of nitrogens with zero attached hydrogens (tertiary/aromatic N) is 2. The fraction of sp³-hybridized carbons (Fsp3) is 0.500. The molecular formula is C14H17N3O3. The van der Waals surface area contributed by atoms with Gasteiger partial charge in [0.05, 0.1) is 11.0 Å². The van der Waals surface area contributed by atoms with Crippen molar-refractivity contribution in [1.29, 1.82) is 0 Å². The second-order valence-corrected chi connectivity index (χ2v) is 5.70. The Morgan fingerprint density at radius 3 is 2.80 bits per heavy atom. The summed E-state index contributed by atoms with van der Waals surface area (Å²) in [4.78, 5) is 28.9. The van der Waals surface area contributed by atoms with Crippen LogP contribution in [0.3, 0.4) is 0 Å². The number of hydrogen-bond acceptors (Lipinski definition) is 4. The van der Waals surface area contributed by atoms with Gasteiger partial charge in [0, 0.05) is 19.3 Å². The zero-order chi connectivity index (χ0) is 14.3. The third-order valence-corrected chi connectivity index (χ3v) is 4.65. The molecule has 1 aromatic rings. The largest absolute Gasteiger partial charge is 0.481 e. The highest BCUT2D eigenvalue weighted by Crippen LogP contribution is 2.49. The minimum atomic E-state index is -0.698. The molecule has 106 valence electrons. The number of amides is 1. The average molecular weight is 275 g/mol. The van der Waals surface area contributed by atoms with E-state index in [0.29, 0.717) is 17.9 Å². The smallest absolute Gasteiger partial charge is 0.311 e. The molecule has 0 aromatic carbocycles. The van der Waals surface area contributed by atoms with Crippen LogP contribution in [0.4, 0.5) is 5.82 Å². The number of carbonyl (C=O) groups is 2. The van der Waals surface area contributed by atoms with Gasteiger partial charge in [-0.1, -0.05) is 6.42 Å². The Morgan fingerprint density at radius 1 is 1.45 bits per heavy atom. The Labute approximate surface area is 116 Å². The SMILES string of the molecule is NC(=O)c1ccc(N2C[C@@H]3CCC[C@@]3(C(=O)O)C2)nc1. The van der Waals surface area contributed by atoms with Crippen LogP contribution < -0.4 is 10.6 Å². The number of carboxylic acid groups (broad SMARTS) is 1. The predicted molar refractivity (Wildman–Crippen MR) is 72.4 cm³/mol. The summed E-state index contributed by atoms with van der Waals surface area (Å²) in [7, 11) is 0. The lowest BCUT2D eigenvalue weighted by Crippen LogP contribution is -2.35. The van der Waals surface area contributed by atoms with Crippen molar-refractivity contribution in [2.24, 2.45) is 17.1 Å². The fourth-order valence-corrected chi connectivity index (χ4v) is 3.53. The quantitative estimate of drug-likeness (QED) is 0.853. The van der Waals surface area contributed by atoms with E-state index in [9.17, 15) is 14.7 Å². The van der Waals surface area contributed by atoms with E-state index >= 15 is 0 Å². The van der Waals surface area contributed by atoms with Crippen LogP contribution in [0.15, 0.2) is 18.3 Å². The molecule has 0 unspecified atom stereocenters. The van der Waals surface area contributed by atoms with Gasteiger partial charge in [0.15, 0.2) is 0 Å². The number of fused-ring (bicyclic) bond motifs is 1. The summed E-state index contributed by atoms with van der Waals surface area (Å²) >= 11 is 0. The Hall–Kier alpha value is -2.11. The maximum absolute atomic E-state index is 11.6. The lowest BCUT2D eigenvalue weighted by Gasteiger charge is -2.23. The summed E-state index contributed by atoms with van der Waals surface area (Å²) in [6.07, 6.45) is 4.13. The molecule has 1 amide bonds. The summed E-state index contributed by atoms with van der Waals surface area (Å²) in [5.74, 6) is -0.303. The molecule has 0 radical (unpaired) electrons. The van der Waals surface area contributed by atoms with E-state index < -0.39 is 17.3 Å². The number of nitrogens with two attached hydrogens (primary N) is 1. The van der Waals surface area contributed by atoms with Crippen molar-refractivity contribution in [3.8, 4) is 0 Å². The highest BCUT2D eigenvalue weighted by atomic mass is 16.4. The van der Waals surface area contributed by atoms with Crippen LogP contribution in [0, 0.1) is 11.3 Å². The van der Waals surface area contributed by atoms with Crippen LogP contribution in [0.25, 0.3) is 0 Å². The molecule has 3 N–H and O–H groups in total. The number of anilines is 1. The van der Waals surface area contributed by atoms with Crippen molar-refractivity contribution in [2.75, 3.05) is 18.0 Å². The molecule has 0 spiro atoms. The first-order valence-electron chi connectivity index (χ1n) is 6.77. The lowest BCUT2D eigenvalue weighted by molar-refractivity contribution is -0.149. The van der Waals surface area contributed by atoms with Gasteiger partial charge in [-0.25, -0.2) is 4.98 Å². The van der Waals surface area contributed by atoms with Crippen LogP contribution in [-0.2, 0) is 4.79 Å². The standard InChI is InChI=1S/C14H17N3O3/c15-12(18)9-3-4-11(16-6-9)17-7-10-2-1-5-14(10,8-17)13(19)20/h3-4,6,10H,1-2,5,7-8H2,(H2,15,18)(H,19,20)/t10-,14+/m0/s1. The van der Waals surface area contributed by atoms with Crippen molar-refractivity contribution >= 4 is 17.7 Å². The molecular weight excluding hydrogens is 258 g/mol. The van der Waals surface area contributed by atoms with Gasteiger partial charge in [0.1, 0.15) is 5.82 Å². The molecule has 6 nitrogen and oxygen atoms in total. The molecule has 1 aliphatic carbocycles. The third kappa shape index (κ3) is 1.83. The van der Waals surface area contributed by atoms with Crippen LogP contribution in [0.2, 0.25) is 0 Å². The minimum Gasteiger partial charge on any atom is -0.481 e. The van der Waals surface area contributed by atoms with E-state index in [0.717, 1.165) is 25.8 Å². The van der Waals surface area contributed by atoms with Crippen LogP contribution in [0.5, 0.6) is 0 Å². The van der Waals surface area contributed by atoms with Crippen molar-refractivity contribution in [3.63, 3.8) is 0 Å². The number of aliphatic carboxylic acids is 1. The Balaban J connectivity index is 1.83. The molecule has 20 heavy (non-hydrogen) atoms. The van der Waals surface area contributed by atoms with Crippen molar-refractivity contribution < 1.29 is 14.7 Å². The second kappa shape index (κ2) is 4.47. The number of carbonyl (C=O) groups excluding carboxylic acids is 1. The van der Waals surface area contributed by atoms with Gasteiger partial charge in [-0.2, -0.15) is 0 Å². The first-order chi connectivity index (χ1) is 9.53. The number of pyridine rings is 1. The summed E-state index contributed by atoms with van der Waals surface area (Å²) in [5.41, 5.74) is 4.92. The Bertz CT molecular complexity index is 557. The van der Waals surface area contributed by atoms with Crippen molar-refractivity contribution in [3.05, 3.63) is 23.9 Å². The molecule has 1 saturated carbocycles. The van der Waals surface area contributed by atoms with Crippen LogP contribution in [0.1, 0.15) is 29.6 Å². The van der Waals surface area contributed by atoms with E-state index in [-0.39, 0.29) is 5.92 Å². The molecule has 1 saturated heterocycles. The van der Waals surface area contributed by atoms with Gasteiger partial charge < -0.3 is 15.7 Å². The molecule has 1 aromatic heterocycles. The monoisotopic (exact) mass is 275 g/mol. The first kappa shape index (κ1) is 12.9. The number of aromatic nitrogens is 1. The van der Waals surface area contributed by atoms with Gasteiger partial charge in [-0.3, -0.25) is 9.59 Å². The maximum atomic E-state index is 11.6. The highest BCUT2D eigenvalue weighted by Gasteiger charge is 2.55. The number of hydrogen-bond donors (Lipinski definition) is 2. The Kier molecular flexibility index (Phi) is 2.88. The van der Waals surface area contributed by atoms with Gasteiger partial charge in [-0.15, -0.1) is 0 Å². The van der Waals surface area contributed by atoms with E-state index in [1.807, 2.05) is 4.90 Å². The number of rotatable bonds is 3. The summed E-state index contributed by atoms with van der Waals surface area (Å²) in [6.45, 7) is 1.21. The first-order valence-corrected chi connectivity index (χ1v) is 6.77. The van der Waals surface area contributed by atoms with E-state index in [1.165, 1.54) is 6.20 Å². The molecule has 2 aliphatic rings. The highest BCUT2D eigenvalue weighted by molar-refractivity contribution is 5.92. The molecule has 2 atom stereocenters. The lowest BCUT2D eigenvalue weighted by atomic mass is 9.81. The summed E-state index contributed by atoms with van der Waals surface area (Å²) < 4.78 is 0. The van der Waals surface area contributed by atoms with Gasteiger partial charge in [0.2, 0.25) is 5.91 Å². The third-order valence-electron chi connectivity index (χ3n) is 4.65. The van der Waals surface area contributed by atoms with E-state index in [4.69, 9.17) is 5.73 Å². The zero-order valence-electron chi connectivity index (χ0n) is 11.1. The van der Waals surface area contributed by atoms with Crippen molar-refractivity contribution in [1.82, 2.24) is 4.98 Å². The topological polar surface area (TPSA) is 96.5 Å². The second-order valence-electron chi connectivity index (χ2n) is 5.70. The molecule has 6 heteroatoms.